The molecular formula is C5H6BrN3OS. The summed E-state index contributed by atoms with van der Waals surface area (Å²) in [5.41, 5.74) is 5.70. The van der Waals surface area contributed by atoms with Gasteiger partial charge in [0.05, 0.1) is 0 Å². The second kappa shape index (κ2) is 2.78. The molecule has 4 nitrogen and oxygen atoms in total. The molecular weight excluding hydrogens is 230 g/mol. The summed E-state index contributed by atoms with van der Waals surface area (Å²) < 4.78 is 1.57. The molecule has 1 aromatic rings. The highest BCUT2D eigenvalue weighted by molar-refractivity contribution is 9.10. The molecule has 0 amide bonds. The molecule has 0 atom stereocenters. The third-order valence-electron chi connectivity index (χ3n) is 1.22. The van der Waals surface area contributed by atoms with E-state index < -0.39 is 0 Å². The number of aromatic nitrogens is 2. The van der Waals surface area contributed by atoms with E-state index in [0.29, 0.717) is 10.2 Å². The van der Waals surface area contributed by atoms with E-state index in [1.807, 2.05) is 0 Å². The first kappa shape index (κ1) is 8.48. The Hall–Kier alpha value is -0.620. The minimum atomic E-state index is -0.255. The fourth-order valence-corrected chi connectivity index (χ4v) is 1.08. The molecule has 0 bridgehead atoms. The van der Waals surface area contributed by atoms with E-state index in [4.69, 9.17) is 5.73 Å². The minimum Gasteiger partial charge on any atom is -0.374 e. The molecule has 1 aromatic heterocycles. The monoisotopic (exact) mass is 235 g/mol. The van der Waals surface area contributed by atoms with E-state index in [-0.39, 0.29) is 10.7 Å². The van der Waals surface area contributed by atoms with Gasteiger partial charge < -0.3 is 5.73 Å². The van der Waals surface area contributed by atoms with Crippen molar-refractivity contribution in [2.24, 2.45) is 5.73 Å². The maximum absolute atomic E-state index is 11.1. The molecule has 0 aliphatic rings. The molecule has 0 fully saturated rings. The van der Waals surface area contributed by atoms with Gasteiger partial charge in [-0.3, -0.25) is 9.89 Å². The average molecular weight is 236 g/mol. The quantitative estimate of drug-likeness (QED) is 0.638. The first-order chi connectivity index (χ1) is 5.04. The second-order valence-corrected chi connectivity index (χ2v) is 3.24. The fraction of sp³-hybridized carbons (Fsp3) is 0.200. The molecule has 0 unspecified atom stereocenters. The summed E-state index contributed by atoms with van der Waals surface area (Å²) in [4.78, 5) is 11.1. The Labute approximate surface area is 76.5 Å². The number of nitrogens with one attached hydrogen (secondary N) is 1. The van der Waals surface area contributed by atoms with Gasteiger partial charge in [0.25, 0.3) is 5.56 Å². The van der Waals surface area contributed by atoms with Crippen molar-refractivity contribution in [3.63, 3.8) is 0 Å². The van der Waals surface area contributed by atoms with Gasteiger partial charge in [0.1, 0.15) is 4.47 Å². The van der Waals surface area contributed by atoms with Crippen LogP contribution in [0.1, 0.15) is 5.69 Å². The predicted octanol–water partition coefficient (Wildman–Crippen LogP) is 0.339. The van der Waals surface area contributed by atoms with Crippen LogP contribution in [0, 0.1) is 6.92 Å². The van der Waals surface area contributed by atoms with Crippen molar-refractivity contribution >= 4 is 33.3 Å². The van der Waals surface area contributed by atoms with Crippen LogP contribution in [0.4, 0.5) is 0 Å². The average Bonchev–Trinajstić information content (AvgIpc) is 2.17. The lowest BCUT2D eigenvalue weighted by Crippen LogP contribution is -2.29. The van der Waals surface area contributed by atoms with Gasteiger partial charge in [-0.05, 0) is 35.1 Å². The molecule has 1 heterocycles. The summed E-state index contributed by atoms with van der Waals surface area (Å²) in [7, 11) is 0. The summed E-state index contributed by atoms with van der Waals surface area (Å²) in [5, 5.41) is 2.72. The smallest absolute Gasteiger partial charge is 0.287 e. The minimum absolute atomic E-state index is 0.0174. The van der Waals surface area contributed by atoms with Gasteiger partial charge in [0.2, 0.25) is 0 Å². The summed E-state index contributed by atoms with van der Waals surface area (Å²) >= 11 is 7.70. The Morgan fingerprint density at radius 1 is 1.82 bits per heavy atom. The van der Waals surface area contributed by atoms with Crippen molar-refractivity contribution in [3.05, 3.63) is 20.5 Å². The molecule has 0 aliphatic heterocycles. The van der Waals surface area contributed by atoms with Gasteiger partial charge in [-0.25, -0.2) is 0 Å². The van der Waals surface area contributed by atoms with Gasteiger partial charge in [-0.15, -0.1) is 0 Å². The number of hydrogen-bond donors (Lipinski definition) is 2. The number of thiocarbonyl (C=S) groups is 1. The Morgan fingerprint density at radius 3 is 2.55 bits per heavy atom. The van der Waals surface area contributed by atoms with Crippen molar-refractivity contribution in [2.75, 3.05) is 0 Å². The number of H-pyrrole nitrogens is 1. The molecule has 11 heavy (non-hydrogen) atoms. The first-order valence-electron chi connectivity index (χ1n) is 2.81. The molecule has 0 aromatic carbocycles. The zero-order valence-electron chi connectivity index (χ0n) is 5.72. The lowest BCUT2D eigenvalue weighted by molar-refractivity contribution is 0.889. The van der Waals surface area contributed by atoms with Crippen LogP contribution in [0.3, 0.4) is 0 Å². The zero-order chi connectivity index (χ0) is 8.59. The lowest BCUT2D eigenvalue weighted by atomic mass is 10.5. The normalized spacial score (nSPS) is 10.0. The van der Waals surface area contributed by atoms with Crippen LogP contribution in [0.25, 0.3) is 0 Å². The van der Waals surface area contributed by atoms with E-state index >= 15 is 0 Å². The van der Waals surface area contributed by atoms with E-state index in [1.165, 1.54) is 0 Å². The highest BCUT2D eigenvalue weighted by Crippen LogP contribution is 2.06. The number of nitrogens with two attached hydrogens (primary N) is 1. The molecule has 60 valence electrons. The van der Waals surface area contributed by atoms with E-state index in [2.05, 4.69) is 33.2 Å². The molecule has 3 N–H and O–H groups in total. The third kappa shape index (κ3) is 1.36. The zero-order valence-corrected chi connectivity index (χ0v) is 8.12. The number of nitrogens with zero attached hydrogens (tertiary/aromatic N) is 1. The largest absolute Gasteiger partial charge is 0.374 e. The standard InChI is InChI=1S/C5H6BrN3OS/c1-2-3(6)4(10)9(8-2)5(7)11/h8H,1H3,(H2,7,11). The molecule has 0 saturated carbocycles. The van der Waals surface area contributed by atoms with Gasteiger partial charge >= 0.3 is 0 Å². The number of rotatable bonds is 0. The maximum atomic E-state index is 11.1. The van der Waals surface area contributed by atoms with E-state index in [0.717, 1.165) is 4.68 Å². The SMILES string of the molecule is Cc1[nH]n(C(N)=S)c(=O)c1Br. The fourth-order valence-electron chi connectivity index (χ4n) is 0.681. The number of halogens is 1. The number of aryl methyl sites for hydroxylation is 1. The topological polar surface area (TPSA) is 63.8 Å². The van der Waals surface area contributed by atoms with Crippen LogP contribution in [-0.2, 0) is 0 Å². The molecule has 6 heteroatoms. The molecule has 0 spiro atoms. The summed E-state index contributed by atoms with van der Waals surface area (Å²) in [6.45, 7) is 1.75. The Morgan fingerprint density at radius 2 is 2.36 bits per heavy atom. The highest BCUT2D eigenvalue weighted by Gasteiger charge is 2.08. The Balaban J connectivity index is 3.42. The molecule has 0 saturated heterocycles. The van der Waals surface area contributed by atoms with Crippen molar-refractivity contribution in [1.29, 1.82) is 0 Å². The summed E-state index contributed by atoms with van der Waals surface area (Å²) in [6.07, 6.45) is 0. The van der Waals surface area contributed by atoms with Crippen molar-refractivity contribution in [3.8, 4) is 0 Å². The predicted molar refractivity (Wildman–Crippen MR) is 49.7 cm³/mol. The summed E-state index contributed by atoms with van der Waals surface area (Å²) in [5.74, 6) is 0. The van der Waals surface area contributed by atoms with Crippen LogP contribution >= 0.6 is 28.1 Å². The van der Waals surface area contributed by atoms with Crippen LogP contribution in [0.2, 0.25) is 0 Å². The molecule has 1 rings (SSSR count). The second-order valence-electron chi connectivity index (χ2n) is 2.03. The third-order valence-corrected chi connectivity index (χ3v) is 2.34. The molecule has 0 aliphatic carbocycles. The van der Waals surface area contributed by atoms with Crippen molar-refractivity contribution in [1.82, 2.24) is 9.78 Å². The van der Waals surface area contributed by atoms with Crippen LogP contribution in [-0.4, -0.2) is 14.9 Å². The number of aromatic amines is 1. The van der Waals surface area contributed by atoms with Crippen LogP contribution in [0.15, 0.2) is 9.27 Å². The van der Waals surface area contributed by atoms with Crippen molar-refractivity contribution in [2.45, 2.75) is 6.92 Å². The number of hydrogen-bond acceptors (Lipinski definition) is 2. The van der Waals surface area contributed by atoms with Crippen molar-refractivity contribution < 1.29 is 0 Å². The van der Waals surface area contributed by atoms with E-state index in [1.54, 1.807) is 6.92 Å². The van der Waals surface area contributed by atoms with Gasteiger partial charge in [-0.2, -0.15) is 4.68 Å². The Kier molecular flexibility index (Phi) is 2.15. The highest BCUT2D eigenvalue weighted by atomic mass is 79.9. The van der Waals surface area contributed by atoms with Crippen LogP contribution < -0.4 is 11.3 Å². The van der Waals surface area contributed by atoms with E-state index in [9.17, 15) is 4.79 Å². The van der Waals surface area contributed by atoms with Crippen LogP contribution in [0.5, 0.6) is 0 Å². The van der Waals surface area contributed by atoms with Gasteiger partial charge in [0.15, 0.2) is 5.11 Å². The summed E-state index contributed by atoms with van der Waals surface area (Å²) in [6, 6.07) is 0. The van der Waals surface area contributed by atoms with Gasteiger partial charge in [-0.1, -0.05) is 0 Å². The lowest BCUT2D eigenvalue weighted by Gasteiger charge is -1.93. The first-order valence-corrected chi connectivity index (χ1v) is 4.01. The van der Waals surface area contributed by atoms with Gasteiger partial charge in [0, 0.05) is 5.69 Å². The molecule has 0 radical (unpaired) electrons. The Bertz CT molecular complexity index is 353. The maximum Gasteiger partial charge on any atom is 0.287 e.